The molecule has 0 aliphatic heterocycles. The lowest BCUT2D eigenvalue weighted by Crippen LogP contribution is -2.05. The maximum Gasteiger partial charge on any atom is 0.143 e. The topological polar surface area (TPSA) is 51.6 Å². The molecule has 0 amide bonds. The molecule has 2 rings (SSSR count). The summed E-state index contributed by atoms with van der Waals surface area (Å²) in [7, 11) is 3.21. The van der Waals surface area contributed by atoms with Gasteiger partial charge in [-0.05, 0) is 48.7 Å². The number of ether oxygens (including phenoxy) is 2. The van der Waals surface area contributed by atoms with Gasteiger partial charge in [0.05, 0.1) is 20.4 Å². The fraction of sp³-hybridized carbons (Fsp3) is 0.312. The van der Waals surface area contributed by atoms with Crippen molar-refractivity contribution in [1.82, 2.24) is 4.98 Å². The van der Waals surface area contributed by atoms with Gasteiger partial charge in [0.15, 0.2) is 0 Å². The summed E-state index contributed by atoms with van der Waals surface area (Å²) in [4.78, 5) is 4.00. The second kappa shape index (κ2) is 5.92. The van der Waals surface area contributed by atoms with E-state index in [9.17, 15) is 5.11 Å². The van der Waals surface area contributed by atoms with Crippen LogP contribution in [0.15, 0.2) is 30.6 Å². The summed E-state index contributed by atoms with van der Waals surface area (Å²) < 4.78 is 10.6. The van der Waals surface area contributed by atoms with Crippen LogP contribution in [0.2, 0.25) is 0 Å². The number of hydrogen-bond donors (Lipinski definition) is 1. The minimum Gasteiger partial charge on any atom is -0.496 e. The zero-order chi connectivity index (χ0) is 14.7. The van der Waals surface area contributed by atoms with Crippen molar-refractivity contribution in [3.8, 4) is 11.5 Å². The molecule has 1 aromatic heterocycles. The highest BCUT2D eigenvalue weighted by atomic mass is 16.5. The average Bonchev–Trinajstić information content (AvgIpc) is 2.48. The third-order valence-electron chi connectivity index (χ3n) is 3.41. The van der Waals surface area contributed by atoms with E-state index in [1.165, 1.54) is 0 Å². The Kier molecular flexibility index (Phi) is 4.25. The fourth-order valence-electron chi connectivity index (χ4n) is 2.28. The van der Waals surface area contributed by atoms with Crippen LogP contribution in [0, 0.1) is 13.8 Å². The minimum atomic E-state index is -0.752. The molecule has 1 atom stereocenters. The SMILES string of the molecule is COc1cc(C)c(C(O)c2ccncc2OC)cc1C. The molecule has 2 aromatic rings. The molecule has 4 nitrogen and oxygen atoms in total. The van der Waals surface area contributed by atoms with Crippen molar-refractivity contribution in [2.75, 3.05) is 14.2 Å². The lowest BCUT2D eigenvalue weighted by atomic mass is 9.95. The fourth-order valence-corrected chi connectivity index (χ4v) is 2.28. The first kappa shape index (κ1) is 14.3. The van der Waals surface area contributed by atoms with Crippen LogP contribution in [0.25, 0.3) is 0 Å². The Morgan fingerprint density at radius 2 is 1.70 bits per heavy atom. The highest BCUT2D eigenvalue weighted by Crippen LogP contribution is 2.33. The Hall–Kier alpha value is -2.07. The van der Waals surface area contributed by atoms with Crippen LogP contribution in [0.3, 0.4) is 0 Å². The maximum absolute atomic E-state index is 10.6. The third kappa shape index (κ3) is 2.60. The van der Waals surface area contributed by atoms with E-state index in [0.29, 0.717) is 11.3 Å². The van der Waals surface area contributed by atoms with Gasteiger partial charge in [-0.2, -0.15) is 0 Å². The molecule has 1 heterocycles. The molecule has 1 aromatic carbocycles. The molecule has 0 aliphatic carbocycles. The van der Waals surface area contributed by atoms with E-state index >= 15 is 0 Å². The second-order valence-electron chi connectivity index (χ2n) is 4.70. The molecule has 20 heavy (non-hydrogen) atoms. The van der Waals surface area contributed by atoms with Crippen LogP contribution in [-0.4, -0.2) is 24.3 Å². The predicted octanol–water partition coefficient (Wildman–Crippen LogP) is 2.80. The van der Waals surface area contributed by atoms with Gasteiger partial charge >= 0.3 is 0 Å². The summed E-state index contributed by atoms with van der Waals surface area (Å²) in [6.45, 7) is 3.91. The predicted molar refractivity (Wildman–Crippen MR) is 77.3 cm³/mol. The number of benzene rings is 1. The molecule has 0 radical (unpaired) electrons. The molecule has 0 saturated heterocycles. The molecule has 0 aliphatic rings. The first-order valence-electron chi connectivity index (χ1n) is 6.39. The van der Waals surface area contributed by atoms with E-state index in [0.717, 1.165) is 22.4 Å². The van der Waals surface area contributed by atoms with Gasteiger partial charge in [-0.25, -0.2) is 0 Å². The Morgan fingerprint density at radius 3 is 2.35 bits per heavy atom. The average molecular weight is 273 g/mol. The summed E-state index contributed by atoms with van der Waals surface area (Å²) in [5, 5.41) is 10.6. The van der Waals surface area contributed by atoms with E-state index in [1.54, 1.807) is 32.7 Å². The van der Waals surface area contributed by atoms with Gasteiger partial charge in [-0.3, -0.25) is 4.98 Å². The molecule has 0 saturated carbocycles. The Balaban J connectivity index is 2.48. The number of rotatable bonds is 4. The van der Waals surface area contributed by atoms with Gasteiger partial charge in [0.25, 0.3) is 0 Å². The van der Waals surface area contributed by atoms with Crippen LogP contribution in [-0.2, 0) is 0 Å². The monoisotopic (exact) mass is 273 g/mol. The Bertz CT molecular complexity index is 611. The summed E-state index contributed by atoms with van der Waals surface area (Å²) in [5.41, 5.74) is 3.50. The smallest absolute Gasteiger partial charge is 0.143 e. The van der Waals surface area contributed by atoms with E-state index in [4.69, 9.17) is 9.47 Å². The second-order valence-corrected chi connectivity index (χ2v) is 4.70. The summed E-state index contributed by atoms with van der Waals surface area (Å²) >= 11 is 0. The van der Waals surface area contributed by atoms with Gasteiger partial charge in [0.1, 0.15) is 17.6 Å². The number of aryl methyl sites for hydroxylation is 2. The van der Waals surface area contributed by atoms with Crippen molar-refractivity contribution in [3.63, 3.8) is 0 Å². The molecule has 0 spiro atoms. The van der Waals surface area contributed by atoms with Crippen molar-refractivity contribution in [1.29, 1.82) is 0 Å². The van der Waals surface area contributed by atoms with Crippen LogP contribution >= 0.6 is 0 Å². The highest BCUT2D eigenvalue weighted by molar-refractivity contribution is 5.47. The Morgan fingerprint density at radius 1 is 1.00 bits per heavy atom. The molecule has 4 heteroatoms. The Labute approximate surface area is 119 Å². The number of nitrogens with zero attached hydrogens (tertiary/aromatic N) is 1. The van der Waals surface area contributed by atoms with Crippen LogP contribution in [0.4, 0.5) is 0 Å². The van der Waals surface area contributed by atoms with E-state index < -0.39 is 6.10 Å². The summed E-state index contributed by atoms with van der Waals surface area (Å²) in [6, 6.07) is 5.64. The first-order valence-corrected chi connectivity index (χ1v) is 6.39. The molecule has 106 valence electrons. The van der Waals surface area contributed by atoms with Gasteiger partial charge in [0, 0.05) is 11.8 Å². The first-order chi connectivity index (χ1) is 9.58. The standard InChI is InChI=1S/C16H19NO3/c1-10-8-14(19-3)11(2)7-13(10)16(18)12-5-6-17-9-15(12)20-4/h5-9,16,18H,1-4H3. The molecule has 0 bridgehead atoms. The van der Waals surface area contributed by atoms with Gasteiger partial charge in [-0.1, -0.05) is 0 Å². The van der Waals surface area contributed by atoms with Crippen LogP contribution in [0.5, 0.6) is 11.5 Å². The quantitative estimate of drug-likeness (QED) is 0.930. The maximum atomic E-state index is 10.6. The summed E-state index contributed by atoms with van der Waals surface area (Å²) in [5.74, 6) is 1.40. The van der Waals surface area contributed by atoms with Crippen molar-refractivity contribution in [2.45, 2.75) is 20.0 Å². The largest absolute Gasteiger partial charge is 0.496 e. The van der Waals surface area contributed by atoms with Gasteiger partial charge < -0.3 is 14.6 Å². The van der Waals surface area contributed by atoms with E-state index in [1.807, 2.05) is 26.0 Å². The number of aliphatic hydroxyl groups excluding tert-OH is 1. The zero-order valence-electron chi connectivity index (χ0n) is 12.2. The molecule has 1 N–H and O–H groups in total. The molecular formula is C16H19NO3. The van der Waals surface area contributed by atoms with Gasteiger partial charge in [0.2, 0.25) is 0 Å². The number of hydrogen-bond acceptors (Lipinski definition) is 4. The molecule has 1 unspecified atom stereocenters. The van der Waals surface area contributed by atoms with E-state index in [-0.39, 0.29) is 0 Å². The third-order valence-corrected chi connectivity index (χ3v) is 3.41. The minimum absolute atomic E-state index is 0.577. The van der Waals surface area contributed by atoms with E-state index in [2.05, 4.69) is 4.98 Å². The van der Waals surface area contributed by atoms with Crippen LogP contribution < -0.4 is 9.47 Å². The summed E-state index contributed by atoms with van der Waals surface area (Å²) in [6.07, 6.45) is 2.49. The van der Waals surface area contributed by atoms with Crippen molar-refractivity contribution >= 4 is 0 Å². The highest BCUT2D eigenvalue weighted by Gasteiger charge is 2.18. The lowest BCUT2D eigenvalue weighted by Gasteiger charge is -2.18. The van der Waals surface area contributed by atoms with Crippen LogP contribution in [0.1, 0.15) is 28.4 Å². The van der Waals surface area contributed by atoms with Crippen molar-refractivity contribution < 1.29 is 14.6 Å². The number of aromatic nitrogens is 1. The molecule has 0 fully saturated rings. The number of pyridine rings is 1. The van der Waals surface area contributed by atoms with Gasteiger partial charge in [-0.15, -0.1) is 0 Å². The normalized spacial score (nSPS) is 12.1. The lowest BCUT2D eigenvalue weighted by molar-refractivity contribution is 0.213. The molecular weight excluding hydrogens is 254 g/mol. The number of methoxy groups -OCH3 is 2. The number of aliphatic hydroxyl groups is 1. The van der Waals surface area contributed by atoms with Crippen molar-refractivity contribution in [3.05, 3.63) is 52.8 Å². The van der Waals surface area contributed by atoms with Crippen molar-refractivity contribution in [2.24, 2.45) is 0 Å². The zero-order valence-corrected chi connectivity index (χ0v) is 12.2.